The minimum absolute atomic E-state index is 0.00851. The maximum absolute atomic E-state index is 12.7. The van der Waals surface area contributed by atoms with E-state index >= 15 is 0 Å². The van der Waals surface area contributed by atoms with Crippen LogP contribution < -0.4 is 10.6 Å². The van der Waals surface area contributed by atoms with E-state index in [9.17, 15) is 9.59 Å². The minimum atomic E-state index is -0.658. The molecule has 6 nitrogen and oxygen atoms in total. The second kappa shape index (κ2) is 12.3. The van der Waals surface area contributed by atoms with Gasteiger partial charge in [0, 0.05) is 55.2 Å². The van der Waals surface area contributed by atoms with Crippen molar-refractivity contribution >= 4 is 34.8 Å². The molecule has 184 valence electrons. The first-order valence-corrected chi connectivity index (χ1v) is 13.1. The van der Waals surface area contributed by atoms with Crippen LogP contribution in [0.4, 0.5) is 0 Å². The number of hydrogen-bond acceptors (Lipinski definition) is 5. The Hall–Kier alpha value is -2.71. The number of halogens is 1. The average molecular weight is 511 g/mol. The fourth-order valence-electron chi connectivity index (χ4n) is 4.49. The summed E-state index contributed by atoms with van der Waals surface area (Å²) < 4.78 is 0. The van der Waals surface area contributed by atoms with Gasteiger partial charge in [0.2, 0.25) is 0 Å². The van der Waals surface area contributed by atoms with Gasteiger partial charge < -0.3 is 10.6 Å². The average Bonchev–Trinajstić information content (AvgIpc) is 3.39. The largest absolute Gasteiger partial charge is 0.344 e. The summed E-state index contributed by atoms with van der Waals surface area (Å²) in [5, 5.41) is 8.22. The van der Waals surface area contributed by atoms with Crippen LogP contribution in [0.5, 0.6) is 0 Å². The second-order valence-corrected chi connectivity index (χ2v) is 10.2. The van der Waals surface area contributed by atoms with Gasteiger partial charge >= 0.3 is 11.8 Å². The zero-order chi connectivity index (χ0) is 24.6. The first-order valence-electron chi connectivity index (χ1n) is 11.9. The van der Waals surface area contributed by atoms with Gasteiger partial charge in [-0.25, -0.2) is 0 Å². The van der Waals surface area contributed by atoms with E-state index in [1.54, 1.807) is 17.4 Å². The van der Waals surface area contributed by atoms with Gasteiger partial charge in [-0.05, 0) is 35.6 Å². The number of carbonyl (C=O) groups is 2. The van der Waals surface area contributed by atoms with Gasteiger partial charge in [0.1, 0.15) is 0 Å². The lowest BCUT2D eigenvalue weighted by Gasteiger charge is -2.41. The number of nitrogens with zero attached hydrogens (tertiary/aromatic N) is 2. The van der Waals surface area contributed by atoms with Crippen molar-refractivity contribution in [3.63, 3.8) is 0 Å². The first kappa shape index (κ1) is 25.4. The second-order valence-electron chi connectivity index (χ2n) is 8.79. The summed E-state index contributed by atoms with van der Waals surface area (Å²) in [6, 6.07) is 21.7. The molecule has 0 unspecified atom stereocenters. The fourth-order valence-corrected chi connectivity index (χ4v) is 5.66. The molecule has 1 saturated heterocycles. The summed E-state index contributed by atoms with van der Waals surface area (Å²) >= 11 is 7.83. The van der Waals surface area contributed by atoms with E-state index in [2.05, 4.69) is 56.1 Å². The molecule has 2 aromatic carbocycles. The predicted octanol–water partition coefficient (Wildman–Crippen LogP) is 4.08. The van der Waals surface area contributed by atoms with E-state index in [0.29, 0.717) is 5.02 Å². The number of benzene rings is 2. The van der Waals surface area contributed by atoms with Crippen LogP contribution in [0.1, 0.15) is 29.0 Å². The summed E-state index contributed by atoms with van der Waals surface area (Å²) in [4.78, 5) is 31.2. The SMILES string of the molecule is C[C@H](NC(=O)C(=O)NCc1ccccc1Cl)[C@@H](c1cccs1)N1CCN(Cc2ccccc2)CC1. The standard InChI is InChI=1S/C27H31ClN4O2S/c1-20(30-27(34)26(33)29-18-22-10-5-6-11-23(22)28)25(24-12-7-17-35-24)32-15-13-31(14-16-32)19-21-8-3-2-4-9-21/h2-12,17,20,25H,13-16,18-19H2,1H3,(H,29,33)(H,30,34)/t20-,25-/m0/s1. The highest BCUT2D eigenvalue weighted by molar-refractivity contribution is 7.10. The van der Waals surface area contributed by atoms with E-state index in [1.165, 1.54) is 10.4 Å². The third kappa shape index (κ3) is 6.92. The molecule has 0 radical (unpaired) electrons. The number of piperazine rings is 1. The first-order chi connectivity index (χ1) is 17.0. The number of rotatable bonds is 8. The van der Waals surface area contributed by atoms with Gasteiger partial charge in [0.05, 0.1) is 6.04 Å². The molecule has 3 aromatic rings. The van der Waals surface area contributed by atoms with E-state index < -0.39 is 11.8 Å². The summed E-state index contributed by atoms with van der Waals surface area (Å²) in [5.41, 5.74) is 2.09. The van der Waals surface area contributed by atoms with E-state index in [-0.39, 0.29) is 18.6 Å². The molecule has 2 atom stereocenters. The molecule has 2 amide bonds. The van der Waals surface area contributed by atoms with Crippen molar-refractivity contribution in [1.29, 1.82) is 0 Å². The van der Waals surface area contributed by atoms with Crippen LogP contribution in [0.15, 0.2) is 72.1 Å². The number of nitrogens with one attached hydrogen (secondary N) is 2. The summed E-state index contributed by atoms with van der Waals surface area (Å²) in [7, 11) is 0. The van der Waals surface area contributed by atoms with Crippen LogP contribution in [-0.4, -0.2) is 53.8 Å². The van der Waals surface area contributed by atoms with Gasteiger partial charge in [0.25, 0.3) is 0 Å². The molecule has 0 bridgehead atoms. The van der Waals surface area contributed by atoms with Crippen LogP contribution in [-0.2, 0) is 22.7 Å². The smallest absolute Gasteiger partial charge is 0.309 e. The lowest BCUT2D eigenvalue weighted by atomic mass is 10.0. The molecule has 1 fully saturated rings. The van der Waals surface area contributed by atoms with E-state index in [4.69, 9.17) is 11.6 Å². The number of carbonyl (C=O) groups excluding carboxylic acids is 2. The van der Waals surface area contributed by atoms with Crippen LogP contribution in [0.2, 0.25) is 5.02 Å². The molecular weight excluding hydrogens is 480 g/mol. The van der Waals surface area contributed by atoms with Crippen molar-refractivity contribution in [3.05, 3.63) is 93.1 Å². The molecule has 2 heterocycles. The van der Waals surface area contributed by atoms with Crippen molar-refractivity contribution in [3.8, 4) is 0 Å². The zero-order valence-corrected chi connectivity index (χ0v) is 21.4. The molecule has 1 aliphatic heterocycles. The van der Waals surface area contributed by atoms with Gasteiger partial charge in [-0.1, -0.05) is 66.2 Å². The number of thiophene rings is 1. The maximum Gasteiger partial charge on any atom is 0.309 e. The maximum atomic E-state index is 12.7. The monoisotopic (exact) mass is 510 g/mol. The van der Waals surface area contributed by atoms with Crippen molar-refractivity contribution in [1.82, 2.24) is 20.4 Å². The quantitative estimate of drug-likeness (QED) is 0.448. The van der Waals surface area contributed by atoms with E-state index in [1.807, 2.05) is 37.3 Å². The molecule has 1 aliphatic rings. The zero-order valence-electron chi connectivity index (χ0n) is 19.8. The van der Waals surface area contributed by atoms with Crippen LogP contribution in [0.3, 0.4) is 0 Å². The molecule has 0 spiro atoms. The molecule has 0 aliphatic carbocycles. The fraction of sp³-hybridized carbons (Fsp3) is 0.333. The van der Waals surface area contributed by atoms with Crippen LogP contribution in [0, 0.1) is 0 Å². The lowest BCUT2D eigenvalue weighted by Crippen LogP contribution is -2.53. The number of hydrogen-bond donors (Lipinski definition) is 2. The van der Waals surface area contributed by atoms with Crippen molar-refractivity contribution in [2.75, 3.05) is 26.2 Å². The topological polar surface area (TPSA) is 64.7 Å². The Morgan fingerprint density at radius 3 is 2.34 bits per heavy atom. The van der Waals surface area contributed by atoms with Gasteiger partial charge in [-0.15, -0.1) is 11.3 Å². The molecule has 35 heavy (non-hydrogen) atoms. The van der Waals surface area contributed by atoms with Crippen molar-refractivity contribution in [2.24, 2.45) is 0 Å². The highest BCUT2D eigenvalue weighted by atomic mass is 35.5. The van der Waals surface area contributed by atoms with Gasteiger partial charge in [0.15, 0.2) is 0 Å². The molecule has 4 rings (SSSR count). The summed E-state index contributed by atoms with van der Waals surface area (Å²) in [5.74, 6) is -1.29. The summed E-state index contributed by atoms with van der Waals surface area (Å²) in [6.45, 7) is 6.82. The third-order valence-corrected chi connectivity index (χ3v) is 7.63. The van der Waals surface area contributed by atoms with Crippen molar-refractivity contribution < 1.29 is 9.59 Å². The highest BCUT2D eigenvalue weighted by Gasteiger charge is 2.31. The molecular formula is C27H31ClN4O2S. The van der Waals surface area contributed by atoms with Crippen LogP contribution >= 0.6 is 22.9 Å². The predicted molar refractivity (Wildman–Crippen MR) is 141 cm³/mol. The Balaban J connectivity index is 1.34. The molecule has 1 aromatic heterocycles. The van der Waals surface area contributed by atoms with E-state index in [0.717, 1.165) is 38.3 Å². The third-order valence-electron chi connectivity index (χ3n) is 6.32. The minimum Gasteiger partial charge on any atom is -0.344 e. The Morgan fingerprint density at radius 2 is 1.66 bits per heavy atom. The van der Waals surface area contributed by atoms with Gasteiger partial charge in [-0.2, -0.15) is 0 Å². The van der Waals surface area contributed by atoms with Crippen LogP contribution in [0.25, 0.3) is 0 Å². The van der Waals surface area contributed by atoms with Gasteiger partial charge in [-0.3, -0.25) is 19.4 Å². The molecule has 2 N–H and O–H groups in total. The number of amides is 2. The summed E-state index contributed by atoms with van der Waals surface area (Å²) in [6.07, 6.45) is 0. The molecule has 8 heteroatoms. The normalized spacial score (nSPS) is 16.4. The Morgan fingerprint density at radius 1 is 0.943 bits per heavy atom. The highest BCUT2D eigenvalue weighted by Crippen LogP contribution is 2.29. The Kier molecular flexibility index (Phi) is 8.93. The lowest BCUT2D eigenvalue weighted by molar-refractivity contribution is -0.140. The Bertz CT molecular complexity index is 1100. The Labute approximate surface area is 215 Å². The molecule has 0 saturated carbocycles. The van der Waals surface area contributed by atoms with Crippen molar-refractivity contribution in [2.45, 2.75) is 32.1 Å².